The van der Waals surface area contributed by atoms with Crippen molar-refractivity contribution in [3.05, 3.63) is 35.1 Å². The molecule has 3 aliphatic carbocycles. The molecule has 0 saturated heterocycles. The quantitative estimate of drug-likeness (QED) is 0.313. The average Bonchev–Trinajstić information content (AvgIpc) is 3.26. The van der Waals surface area contributed by atoms with Crippen LogP contribution in [0.5, 0.6) is 11.5 Å². The van der Waals surface area contributed by atoms with E-state index in [0.29, 0.717) is 24.3 Å². The molecule has 1 aliphatic heterocycles. The Balaban J connectivity index is 1.51. The van der Waals surface area contributed by atoms with E-state index in [1.54, 1.807) is 12.1 Å². The van der Waals surface area contributed by atoms with Crippen LogP contribution in [0.15, 0.2) is 24.0 Å². The van der Waals surface area contributed by atoms with Gasteiger partial charge in [0, 0.05) is 19.4 Å². The van der Waals surface area contributed by atoms with Gasteiger partial charge in [0.25, 0.3) is 0 Å². The predicted molar refractivity (Wildman–Crippen MR) is 138 cm³/mol. The third kappa shape index (κ3) is 4.46. The van der Waals surface area contributed by atoms with Crippen LogP contribution in [-0.2, 0) is 54.8 Å². The van der Waals surface area contributed by atoms with Crippen LogP contribution in [0, 0.1) is 5.92 Å². The number of methoxy groups -OCH3 is 1. The van der Waals surface area contributed by atoms with Crippen LogP contribution in [0.3, 0.4) is 0 Å². The number of carboxylic acid groups (broad SMARTS) is 1. The summed E-state index contributed by atoms with van der Waals surface area (Å²) in [4.78, 5) is 61.5. The molecule has 13 nitrogen and oxygen atoms in total. The lowest BCUT2D eigenvalue weighted by Gasteiger charge is -2.59. The minimum atomic E-state index is -2.16. The molecule has 226 valence electrons. The summed E-state index contributed by atoms with van der Waals surface area (Å²) in [6.07, 6.45) is -2.46. The number of carbonyl (C=O) groups excluding carboxylic acids is 4. The summed E-state index contributed by atoms with van der Waals surface area (Å²) in [5.74, 6) is -5.42. The fourth-order valence-electron chi connectivity index (χ4n) is 6.97. The highest BCUT2D eigenvalue weighted by Crippen LogP contribution is 2.67. The van der Waals surface area contributed by atoms with E-state index >= 15 is 0 Å². The SMILES string of the molecule is COc1ccc2c3c1O[C@@H]1C(OC(=O)[C@@H](OC(C)=O)[C@H](OC(C)=O)C(=O)O[C@@H](C)C(=O)O)=CC[C@]4(O)[C@@H](CCC[C@@]314)C2. The Kier molecular flexibility index (Phi) is 7.42. The summed E-state index contributed by atoms with van der Waals surface area (Å²) in [6.45, 7) is 2.96. The number of aliphatic hydroxyl groups is 1. The molecule has 1 fully saturated rings. The lowest BCUT2D eigenvalue weighted by atomic mass is 9.47. The highest BCUT2D eigenvalue weighted by Gasteiger charge is 2.71. The smallest absolute Gasteiger partial charge is 0.357 e. The maximum absolute atomic E-state index is 13.6. The largest absolute Gasteiger partial charge is 0.493 e. The molecule has 4 aliphatic rings. The summed E-state index contributed by atoms with van der Waals surface area (Å²) < 4.78 is 32.5. The van der Waals surface area contributed by atoms with Crippen LogP contribution < -0.4 is 9.47 Å². The number of aliphatic carboxylic acids is 1. The van der Waals surface area contributed by atoms with E-state index in [1.165, 1.54) is 7.11 Å². The van der Waals surface area contributed by atoms with Crippen molar-refractivity contribution >= 4 is 29.8 Å². The van der Waals surface area contributed by atoms with Crippen molar-refractivity contribution in [2.75, 3.05) is 7.11 Å². The molecule has 5 rings (SSSR count). The number of benzene rings is 1. The molecule has 0 aromatic heterocycles. The fraction of sp³-hybridized carbons (Fsp3) is 0.552. The van der Waals surface area contributed by atoms with Crippen LogP contribution in [0.1, 0.15) is 57.6 Å². The van der Waals surface area contributed by atoms with Gasteiger partial charge in [0.05, 0.1) is 18.1 Å². The molecule has 2 bridgehead atoms. The molecule has 42 heavy (non-hydrogen) atoms. The first-order valence-corrected chi connectivity index (χ1v) is 13.6. The minimum absolute atomic E-state index is 0.0161. The molecule has 0 amide bonds. The number of ether oxygens (including phenoxy) is 6. The van der Waals surface area contributed by atoms with Gasteiger partial charge in [-0.3, -0.25) is 9.59 Å². The lowest BCUT2D eigenvalue weighted by molar-refractivity contribution is -0.194. The zero-order valence-corrected chi connectivity index (χ0v) is 23.5. The Labute approximate surface area is 240 Å². The van der Waals surface area contributed by atoms with Crippen LogP contribution in [0.4, 0.5) is 0 Å². The van der Waals surface area contributed by atoms with Crippen molar-refractivity contribution in [3.63, 3.8) is 0 Å². The normalized spacial score (nSPS) is 28.5. The summed E-state index contributed by atoms with van der Waals surface area (Å²) in [5.41, 5.74) is -0.325. The predicted octanol–water partition coefficient (Wildman–Crippen LogP) is 1.49. The van der Waals surface area contributed by atoms with Gasteiger partial charge in [0.2, 0.25) is 12.2 Å². The van der Waals surface area contributed by atoms with Crippen LogP contribution in [0.25, 0.3) is 0 Å². The molecule has 1 aromatic carbocycles. The van der Waals surface area contributed by atoms with E-state index in [1.807, 2.05) is 6.07 Å². The minimum Gasteiger partial charge on any atom is -0.493 e. The van der Waals surface area contributed by atoms with Gasteiger partial charge in [-0.1, -0.05) is 12.5 Å². The van der Waals surface area contributed by atoms with Gasteiger partial charge in [0.1, 0.15) is 5.76 Å². The van der Waals surface area contributed by atoms with Crippen molar-refractivity contribution < 1.29 is 62.6 Å². The maximum Gasteiger partial charge on any atom is 0.357 e. The Bertz CT molecular complexity index is 1380. The van der Waals surface area contributed by atoms with Gasteiger partial charge < -0.3 is 38.6 Å². The number of carbonyl (C=O) groups is 5. The highest BCUT2D eigenvalue weighted by molar-refractivity contribution is 5.90. The summed E-state index contributed by atoms with van der Waals surface area (Å²) in [7, 11) is 1.50. The molecule has 0 unspecified atom stereocenters. The topological polar surface area (TPSA) is 181 Å². The van der Waals surface area contributed by atoms with Gasteiger partial charge in [0.15, 0.2) is 23.7 Å². The van der Waals surface area contributed by atoms with Gasteiger partial charge in [-0.15, -0.1) is 0 Å². The van der Waals surface area contributed by atoms with Crippen LogP contribution in [-0.4, -0.2) is 77.2 Å². The zero-order chi connectivity index (χ0) is 30.6. The van der Waals surface area contributed by atoms with Crippen LogP contribution in [0.2, 0.25) is 0 Å². The summed E-state index contributed by atoms with van der Waals surface area (Å²) >= 11 is 0. The van der Waals surface area contributed by atoms with E-state index in [-0.39, 0.29) is 18.1 Å². The molecule has 13 heteroatoms. The van der Waals surface area contributed by atoms with E-state index in [4.69, 9.17) is 33.5 Å². The van der Waals surface area contributed by atoms with E-state index in [0.717, 1.165) is 44.7 Å². The molecule has 1 saturated carbocycles. The summed E-state index contributed by atoms with van der Waals surface area (Å²) in [6, 6.07) is 3.75. The Hall–Kier alpha value is -4.13. The van der Waals surface area contributed by atoms with E-state index in [9.17, 15) is 29.1 Å². The molecular weight excluding hydrogens is 556 g/mol. The lowest BCUT2D eigenvalue weighted by Crippen LogP contribution is -2.67. The second kappa shape index (κ2) is 10.6. The first-order chi connectivity index (χ1) is 19.8. The van der Waals surface area contributed by atoms with E-state index < -0.39 is 65.3 Å². The average molecular weight is 589 g/mol. The first kappa shape index (κ1) is 29.4. The van der Waals surface area contributed by atoms with Crippen molar-refractivity contribution in [1.29, 1.82) is 0 Å². The Morgan fingerprint density at radius 1 is 1.02 bits per heavy atom. The summed E-state index contributed by atoms with van der Waals surface area (Å²) in [5, 5.41) is 21.3. The molecule has 1 aromatic rings. The monoisotopic (exact) mass is 588 g/mol. The van der Waals surface area contributed by atoms with Gasteiger partial charge in [-0.25, -0.2) is 14.4 Å². The number of hydrogen-bond acceptors (Lipinski definition) is 12. The van der Waals surface area contributed by atoms with Crippen molar-refractivity contribution in [3.8, 4) is 11.5 Å². The van der Waals surface area contributed by atoms with Gasteiger partial charge in [-0.2, -0.15) is 0 Å². The molecular formula is C29H32O13. The molecule has 2 N–H and O–H groups in total. The molecule has 1 heterocycles. The van der Waals surface area contributed by atoms with Crippen molar-refractivity contribution in [1.82, 2.24) is 0 Å². The highest BCUT2D eigenvalue weighted by atomic mass is 16.6. The number of carboxylic acids is 1. The van der Waals surface area contributed by atoms with Crippen molar-refractivity contribution in [2.24, 2.45) is 5.92 Å². The second-order valence-electron chi connectivity index (χ2n) is 11.0. The first-order valence-electron chi connectivity index (χ1n) is 13.6. The molecule has 7 atom stereocenters. The number of rotatable bonds is 9. The standard InChI is InChI=1S/C29H32O13/c1-13(25(32)33)38-26(34)22(39-14(2)30)23(40-15(3)31)27(35)41-19-9-11-29(36)17-6-5-10-28(29)20-16(12-17)7-8-18(37-4)21(20)42-24(19)28/h7-9,13,17,22-24,36H,5-6,10-12H2,1-4H3,(H,32,33)/t13-,17-,22-,23-,24+,28+,29-/m0/s1. The number of hydrogen-bond donors (Lipinski definition) is 2. The zero-order valence-electron chi connectivity index (χ0n) is 23.5. The van der Waals surface area contributed by atoms with Crippen LogP contribution >= 0.6 is 0 Å². The fourth-order valence-corrected chi connectivity index (χ4v) is 6.97. The molecule has 0 radical (unpaired) electrons. The second-order valence-corrected chi connectivity index (χ2v) is 11.0. The third-order valence-electron chi connectivity index (χ3n) is 8.65. The Morgan fingerprint density at radius 3 is 2.31 bits per heavy atom. The van der Waals surface area contributed by atoms with E-state index in [2.05, 4.69) is 0 Å². The third-order valence-corrected chi connectivity index (χ3v) is 8.65. The van der Waals surface area contributed by atoms with Crippen molar-refractivity contribution in [2.45, 2.75) is 88.3 Å². The Morgan fingerprint density at radius 2 is 1.69 bits per heavy atom. The number of esters is 4. The van der Waals surface area contributed by atoms with Gasteiger partial charge in [-0.05, 0) is 56.2 Å². The maximum atomic E-state index is 13.6. The molecule has 1 spiro atoms. The van der Waals surface area contributed by atoms with Gasteiger partial charge >= 0.3 is 29.8 Å².